The third-order valence-electron chi connectivity index (χ3n) is 3.60. The molecule has 0 bridgehead atoms. The van der Waals surface area contributed by atoms with Gasteiger partial charge in [0.1, 0.15) is 0 Å². The number of hydrogen-bond acceptors (Lipinski definition) is 4. The number of fused-ring (bicyclic) bond motifs is 1. The zero-order valence-corrected chi connectivity index (χ0v) is 11.0. The molecule has 0 saturated heterocycles. The number of rotatable bonds is 4. The van der Waals surface area contributed by atoms with Gasteiger partial charge >= 0.3 is 0 Å². The number of ether oxygens (including phenoxy) is 2. The number of hydrogen-bond donors (Lipinski definition) is 2. The summed E-state index contributed by atoms with van der Waals surface area (Å²) in [5, 5.41) is 12.0. The number of aliphatic hydroxyl groups excluding tert-OH is 1. The van der Waals surface area contributed by atoms with Crippen LogP contribution in [0.4, 0.5) is 0 Å². The lowest BCUT2D eigenvalue weighted by Gasteiger charge is -2.31. The Kier molecular flexibility index (Phi) is 3.60. The van der Waals surface area contributed by atoms with Crippen LogP contribution in [0.5, 0.6) is 11.5 Å². The molecule has 3 rings (SSSR count). The fourth-order valence-electron chi connectivity index (χ4n) is 2.36. The monoisotopic (exact) mass is 275 g/mol. The number of carbonyl (C=O) groups is 1. The first-order chi connectivity index (χ1) is 9.70. The molecule has 1 fully saturated rings. The summed E-state index contributed by atoms with van der Waals surface area (Å²) in [4.78, 5) is 11.7. The zero-order chi connectivity index (χ0) is 13.9. The molecule has 0 atom stereocenters. The Morgan fingerprint density at radius 3 is 2.95 bits per heavy atom. The SMILES string of the molecule is O=C(C=Cc1ccc2c(c1)OCO2)NCC1CC(O)C1. The molecule has 20 heavy (non-hydrogen) atoms. The van der Waals surface area contributed by atoms with Crippen molar-refractivity contribution in [3.63, 3.8) is 0 Å². The summed E-state index contributed by atoms with van der Waals surface area (Å²) in [5.41, 5.74) is 0.892. The molecule has 1 aliphatic heterocycles. The van der Waals surface area contributed by atoms with E-state index in [1.807, 2.05) is 18.2 Å². The van der Waals surface area contributed by atoms with Crippen LogP contribution in [0.15, 0.2) is 24.3 Å². The maximum Gasteiger partial charge on any atom is 0.244 e. The summed E-state index contributed by atoms with van der Waals surface area (Å²) in [6, 6.07) is 5.55. The minimum atomic E-state index is -0.180. The van der Waals surface area contributed by atoms with Gasteiger partial charge in [-0.2, -0.15) is 0 Å². The van der Waals surface area contributed by atoms with Crippen LogP contribution < -0.4 is 14.8 Å². The highest BCUT2D eigenvalue weighted by Crippen LogP contribution is 2.32. The van der Waals surface area contributed by atoms with E-state index >= 15 is 0 Å². The van der Waals surface area contributed by atoms with E-state index < -0.39 is 0 Å². The van der Waals surface area contributed by atoms with Crippen molar-refractivity contribution in [2.24, 2.45) is 5.92 Å². The van der Waals surface area contributed by atoms with Crippen molar-refractivity contribution < 1.29 is 19.4 Å². The van der Waals surface area contributed by atoms with Gasteiger partial charge in [-0.05, 0) is 42.5 Å². The highest BCUT2D eigenvalue weighted by Gasteiger charge is 2.26. The Morgan fingerprint density at radius 1 is 1.35 bits per heavy atom. The second-order valence-electron chi connectivity index (χ2n) is 5.18. The first-order valence-corrected chi connectivity index (χ1v) is 6.74. The van der Waals surface area contributed by atoms with E-state index in [0.717, 1.165) is 24.2 Å². The maximum atomic E-state index is 11.7. The maximum absolute atomic E-state index is 11.7. The van der Waals surface area contributed by atoms with Crippen LogP contribution in [0.1, 0.15) is 18.4 Å². The average molecular weight is 275 g/mol. The van der Waals surface area contributed by atoms with Gasteiger partial charge in [0, 0.05) is 12.6 Å². The van der Waals surface area contributed by atoms with Crippen molar-refractivity contribution in [2.75, 3.05) is 13.3 Å². The predicted molar refractivity (Wildman–Crippen MR) is 73.3 cm³/mol. The number of nitrogens with one attached hydrogen (secondary N) is 1. The summed E-state index contributed by atoms with van der Waals surface area (Å²) < 4.78 is 10.5. The molecule has 0 unspecified atom stereocenters. The molecule has 2 aliphatic rings. The zero-order valence-electron chi connectivity index (χ0n) is 11.0. The smallest absolute Gasteiger partial charge is 0.244 e. The molecule has 1 aliphatic carbocycles. The molecular weight excluding hydrogens is 258 g/mol. The lowest BCUT2D eigenvalue weighted by Crippen LogP contribution is -2.37. The van der Waals surface area contributed by atoms with Gasteiger partial charge in [-0.1, -0.05) is 6.07 Å². The highest BCUT2D eigenvalue weighted by atomic mass is 16.7. The van der Waals surface area contributed by atoms with Crippen molar-refractivity contribution in [1.29, 1.82) is 0 Å². The Labute approximate surface area is 117 Å². The Bertz CT molecular complexity index is 535. The molecule has 1 saturated carbocycles. The molecule has 106 valence electrons. The van der Waals surface area contributed by atoms with Crippen molar-refractivity contribution in [2.45, 2.75) is 18.9 Å². The third-order valence-corrected chi connectivity index (χ3v) is 3.60. The second-order valence-corrected chi connectivity index (χ2v) is 5.18. The van der Waals surface area contributed by atoms with Gasteiger partial charge in [0.05, 0.1) is 6.10 Å². The summed E-state index contributed by atoms with van der Waals surface area (Å²) >= 11 is 0. The average Bonchev–Trinajstić information content (AvgIpc) is 2.87. The van der Waals surface area contributed by atoms with E-state index in [-0.39, 0.29) is 18.8 Å². The van der Waals surface area contributed by atoms with Crippen LogP contribution in [0.25, 0.3) is 6.08 Å². The summed E-state index contributed by atoms with van der Waals surface area (Å²) in [5.74, 6) is 1.73. The van der Waals surface area contributed by atoms with Crippen LogP contribution in [-0.4, -0.2) is 30.5 Å². The molecule has 0 radical (unpaired) electrons. The van der Waals surface area contributed by atoms with Crippen LogP contribution in [0, 0.1) is 5.92 Å². The molecule has 5 nitrogen and oxygen atoms in total. The molecule has 0 spiro atoms. The minimum Gasteiger partial charge on any atom is -0.454 e. The normalized spacial score (nSPS) is 23.6. The topological polar surface area (TPSA) is 67.8 Å². The quantitative estimate of drug-likeness (QED) is 0.813. The molecule has 1 amide bonds. The van der Waals surface area contributed by atoms with Crippen molar-refractivity contribution in [1.82, 2.24) is 5.32 Å². The van der Waals surface area contributed by atoms with E-state index in [0.29, 0.717) is 18.2 Å². The van der Waals surface area contributed by atoms with Crippen molar-refractivity contribution in [3.05, 3.63) is 29.8 Å². The molecule has 2 N–H and O–H groups in total. The number of carbonyl (C=O) groups excluding carboxylic acids is 1. The third kappa shape index (κ3) is 2.93. The fourth-order valence-corrected chi connectivity index (χ4v) is 2.36. The first-order valence-electron chi connectivity index (χ1n) is 6.74. The van der Waals surface area contributed by atoms with E-state index in [4.69, 9.17) is 14.6 Å². The number of benzene rings is 1. The van der Waals surface area contributed by atoms with Gasteiger partial charge < -0.3 is 19.9 Å². The van der Waals surface area contributed by atoms with Crippen molar-refractivity contribution >= 4 is 12.0 Å². The number of aliphatic hydroxyl groups is 1. The molecule has 1 heterocycles. The largest absolute Gasteiger partial charge is 0.454 e. The Hall–Kier alpha value is -2.01. The van der Waals surface area contributed by atoms with Gasteiger partial charge in [-0.25, -0.2) is 0 Å². The van der Waals surface area contributed by atoms with E-state index in [1.54, 1.807) is 6.08 Å². The predicted octanol–water partition coefficient (Wildman–Crippen LogP) is 1.32. The molecule has 1 aromatic rings. The van der Waals surface area contributed by atoms with Gasteiger partial charge in [-0.3, -0.25) is 4.79 Å². The first kappa shape index (κ1) is 13.0. The molecule has 0 aromatic heterocycles. The van der Waals surface area contributed by atoms with Gasteiger partial charge in [-0.15, -0.1) is 0 Å². The minimum absolute atomic E-state index is 0.121. The number of amides is 1. The van der Waals surface area contributed by atoms with Crippen LogP contribution in [-0.2, 0) is 4.79 Å². The van der Waals surface area contributed by atoms with Gasteiger partial charge in [0.2, 0.25) is 12.7 Å². The van der Waals surface area contributed by atoms with E-state index in [1.165, 1.54) is 6.08 Å². The lowest BCUT2D eigenvalue weighted by molar-refractivity contribution is -0.117. The van der Waals surface area contributed by atoms with E-state index in [2.05, 4.69) is 5.32 Å². The fraction of sp³-hybridized carbons (Fsp3) is 0.400. The Balaban J connectivity index is 1.50. The summed E-state index contributed by atoms with van der Waals surface area (Å²) in [6.07, 6.45) is 4.64. The van der Waals surface area contributed by atoms with Crippen LogP contribution in [0.2, 0.25) is 0 Å². The Morgan fingerprint density at radius 2 is 2.15 bits per heavy atom. The second kappa shape index (κ2) is 5.54. The standard InChI is InChI=1S/C15H17NO4/c17-12-5-11(6-12)8-16-15(18)4-2-10-1-3-13-14(7-10)20-9-19-13/h1-4,7,11-12,17H,5-6,8-9H2,(H,16,18). The van der Waals surface area contributed by atoms with Gasteiger partial charge in [0.15, 0.2) is 11.5 Å². The van der Waals surface area contributed by atoms with Crippen molar-refractivity contribution in [3.8, 4) is 11.5 Å². The van der Waals surface area contributed by atoms with Gasteiger partial charge in [0.25, 0.3) is 0 Å². The summed E-state index contributed by atoms with van der Waals surface area (Å²) in [6.45, 7) is 0.873. The molecular formula is C15H17NO4. The van der Waals surface area contributed by atoms with Crippen LogP contribution in [0.3, 0.4) is 0 Å². The van der Waals surface area contributed by atoms with Crippen LogP contribution >= 0.6 is 0 Å². The van der Waals surface area contributed by atoms with E-state index in [9.17, 15) is 4.79 Å². The summed E-state index contributed by atoms with van der Waals surface area (Å²) in [7, 11) is 0. The highest BCUT2D eigenvalue weighted by molar-refractivity contribution is 5.91. The lowest BCUT2D eigenvalue weighted by atomic mass is 9.82. The molecule has 1 aromatic carbocycles. The molecule has 5 heteroatoms.